The number of ether oxygens (including phenoxy) is 1. The second-order valence-electron chi connectivity index (χ2n) is 5.09. The molecule has 0 fully saturated rings. The Morgan fingerprint density at radius 2 is 2.31 bits per heavy atom. The van der Waals surface area contributed by atoms with Crippen molar-refractivity contribution in [2.45, 2.75) is 39.8 Å². The normalized spacial score (nSPS) is 20.1. The smallest absolute Gasteiger partial charge is 0.414 e. The summed E-state index contributed by atoms with van der Waals surface area (Å²) in [6, 6.07) is 0.359. The largest absolute Gasteiger partial charge is 0.442 e. The summed E-state index contributed by atoms with van der Waals surface area (Å²) in [5, 5.41) is 10.6. The van der Waals surface area contributed by atoms with Crippen LogP contribution in [0.1, 0.15) is 27.2 Å². The third-order valence-corrected chi connectivity index (χ3v) is 2.76. The Hall–Kier alpha value is -1.59. The predicted octanol–water partition coefficient (Wildman–Crippen LogP) is 1.99. The first-order valence-corrected chi connectivity index (χ1v) is 5.26. The van der Waals surface area contributed by atoms with Gasteiger partial charge in [-0.15, -0.1) is 0 Å². The topological polar surface area (TPSA) is 70.2 Å². The van der Waals surface area contributed by atoms with Crippen molar-refractivity contribution in [1.29, 1.82) is 0 Å². The molecule has 6 nitrogen and oxygen atoms in total. The van der Waals surface area contributed by atoms with Crippen molar-refractivity contribution >= 4 is 5.82 Å². The molecule has 1 atom stereocenters. The summed E-state index contributed by atoms with van der Waals surface area (Å²) in [5.41, 5.74) is 0.0198. The van der Waals surface area contributed by atoms with Crippen molar-refractivity contribution in [3.63, 3.8) is 0 Å². The highest BCUT2D eigenvalue weighted by Gasteiger charge is 2.34. The standard InChI is InChI=1S/C10H15N3O3/c1-10(2,3)7-4-5-12-6-8(13(14)15)11-9(12)16-7/h6-7H,4-5H2,1-3H3. The third kappa shape index (κ3) is 1.87. The number of rotatable bonds is 1. The maximum absolute atomic E-state index is 10.6. The maximum atomic E-state index is 10.6. The molecule has 0 spiro atoms. The van der Waals surface area contributed by atoms with Crippen LogP contribution in [0.4, 0.5) is 5.82 Å². The first kappa shape index (κ1) is 10.9. The summed E-state index contributed by atoms with van der Waals surface area (Å²) in [4.78, 5) is 13.9. The molecule has 1 aromatic heterocycles. The summed E-state index contributed by atoms with van der Waals surface area (Å²) in [6.07, 6.45) is 2.33. The molecule has 0 bridgehead atoms. The molecule has 1 aromatic rings. The molecule has 0 saturated heterocycles. The Morgan fingerprint density at radius 3 is 2.88 bits per heavy atom. The van der Waals surface area contributed by atoms with E-state index >= 15 is 0 Å². The fourth-order valence-corrected chi connectivity index (χ4v) is 1.78. The number of hydrogen-bond acceptors (Lipinski definition) is 4. The van der Waals surface area contributed by atoms with Gasteiger partial charge in [0.1, 0.15) is 12.3 Å². The number of aromatic nitrogens is 2. The van der Waals surface area contributed by atoms with Gasteiger partial charge < -0.3 is 14.9 Å². The number of nitrogens with zero attached hydrogens (tertiary/aromatic N) is 3. The van der Waals surface area contributed by atoms with Crippen LogP contribution in [0, 0.1) is 15.5 Å². The van der Waals surface area contributed by atoms with Gasteiger partial charge in [-0.2, -0.15) is 0 Å². The van der Waals surface area contributed by atoms with Crippen LogP contribution in [-0.2, 0) is 6.54 Å². The lowest BCUT2D eigenvalue weighted by Crippen LogP contribution is -2.36. The van der Waals surface area contributed by atoms with Crippen molar-refractivity contribution < 1.29 is 9.66 Å². The van der Waals surface area contributed by atoms with Crippen molar-refractivity contribution in [2.24, 2.45) is 5.41 Å². The number of fused-ring (bicyclic) bond motifs is 1. The number of nitro groups is 1. The molecule has 1 aliphatic rings. The van der Waals surface area contributed by atoms with E-state index in [9.17, 15) is 10.1 Å². The molecule has 2 rings (SSSR count). The Bertz CT molecular complexity index is 419. The Balaban J connectivity index is 2.24. The minimum absolute atomic E-state index is 0.0198. The molecule has 0 saturated carbocycles. The first-order valence-electron chi connectivity index (χ1n) is 5.26. The first-order chi connectivity index (χ1) is 7.38. The Morgan fingerprint density at radius 1 is 1.62 bits per heavy atom. The predicted molar refractivity (Wildman–Crippen MR) is 57.4 cm³/mol. The average Bonchev–Trinajstić information content (AvgIpc) is 2.58. The van der Waals surface area contributed by atoms with E-state index in [2.05, 4.69) is 25.8 Å². The van der Waals surface area contributed by atoms with Crippen molar-refractivity contribution in [3.05, 3.63) is 16.3 Å². The van der Waals surface area contributed by atoms with E-state index in [1.165, 1.54) is 6.20 Å². The van der Waals surface area contributed by atoms with Gasteiger partial charge in [0.2, 0.25) is 0 Å². The lowest BCUT2D eigenvalue weighted by atomic mass is 9.86. The maximum Gasteiger partial charge on any atom is 0.414 e. The van der Waals surface area contributed by atoms with Crippen molar-refractivity contribution in [3.8, 4) is 6.01 Å². The zero-order chi connectivity index (χ0) is 11.9. The highest BCUT2D eigenvalue weighted by atomic mass is 16.6. The molecular weight excluding hydrogens is 210 g/mol. The van der Waals surface area contributed by atoms with Gasteiger partial charge >= 0.3 is 11.8 Å². The van der Waals surface area contributed by atoms with E-state index in [-0.39, 0.29) is 17.3 Å². The fraction of sp³-hybridized carbons (Fsp3) is 0.700. The van der Waals surface area contributed by atoms with Crippen LogP contribution in [0.5, 0.6) is 6.01 Å². The second-order valence-corrected chi connectivity index (χ2v) is 5.09. The zero-order valence-corrected chi connectivity index (χ0v) is 9.64. The molecule has 88 valence electrons. The van der Waals surface area contributed by atoms with Crippen LogP contribution in [0.25, 0.3) is 0 Å². The van der Waals surface area contributed by atoms with Crippen LogP contribution in [-0.4, -0.2) is 20.6 Å². The van der Waals surface area contributed by atoms with E-state index in [1.807, 2.05) is 0 Å². The summed E-state index contributed by atoms with van der Waals surface area (Å²) in [7, 11) is 0. The van der Waals surface area contributed by atoms with Crippen LogP contribution < -0.4 is 4.74 Å². The summed E-state index contributed by atoms with van der Waals surface area (Å²) in [5.74, 6) is -0.149. The van der Waals surface area contributed by atoms with E-state index in [0.29, 0.717) is 6.01 Å². The molecule has 6 heteroatoms. The number of aryl methyl sites for hydroxylation is 1. The van der Waals surface area contributed by atoms with Crippen LogP contribution in [0.15, 0.2) is 6.20 Å². The van der Waals surface area contributed by atoms with E-state index in [1.54, 1.807) is 4.57 Å². The fourth-order valence-electron chi connectivity index (χ4n) is 1.78. The minimum Gasteiger partial charge on any atom is -0.442 e. The molecule has 1 unspecified atom stereocenters. The lowest BCUT2D eigenvalue weighted by Gasteiger charge is -2.32. The van der Waals surface area contributed by atoms with E-state index in [4.69, 9.17) is 4.74 Å². The molecular formula is C10H15N3O3. The third-order valence-electron chi connectivity index (χ3n) is 2.76. The molecule has 1 aliphatic heterocycles. The highest BCUT2D eigenvalue weighted by molar-refractivity contribution is 5.21. The van der Waals surface area contributed by atoms with Gasteiger partial charge in [-0.3, -0.25) is 4.57 Å². The summed E-state index contributed by atoms with van der Waals surface area (Å²) in [6.45, 7) is 6.98. The summed E-state index contributed by atoms with van der Waals surface area (Å²) < 4.78 is 7.37. The van der Waals surface area contributed by atoms with Crippen LogP contribution in [0.3, 0.4) is 0 Å². The van der Waals surface area contributed by atoms with Crippen molar-refractivity contribution in [1.82, 2.24) is 9.55 Å². The second kappa shape index (κ2) is 3.47. The van der Waals surface area contributed by atoms with Gasteiger partial charge in [0.15, 0.2) is 0 Å². The lowest BCUT2D eigenvalue weighted by molar-refractivity contribution is -0.389. The quantitative estimate of drug-likeness (QED) is 0.541. The Labute approximate surface area is 93.4 Å². The van der Waals surface area contributed by atoms with Gasteiger partial charge in [0, 0.05) is 17.9 Å². The molecule has 2 heterocycles. The van der Waals surface area contributed by atoms with E-state index in [0.717, 1.165) is 13.0 Å². The van der Waals surface area contributed by atoms with Crippen molar-refractivity contribution in [2.75, 3.05) is 0 Å². The Kier molecular flexibility index (Phi) is 2.36. The van der Waals surface area contributed by atoms with Gasteiger partial charge in [-0.25, -0.2) is 0 Å². The monoisotopic (exact) mass is 225 g/mol. The van der Waals surface area contributed by atoms with Gasteiger partial charge in [-0.05, 0) is 10.3 Å². The molecule has 0 amide bonds. The van der Waals surface area contributed by atoms with Gasteiger partial charge in [-0.1, -0.05) is 20.8 Å². The zero-order valence-electron chi connectivity index (χ0n) is 9.64. The average molecular weight is 225 g/mol. The molecule has 0 N–H and O–H groups in total. The SMILES string of the molecule is CC(C)(C)C1CCn2cc([N+](=O)[O-])nc2O1. The number of imidazole rings is 1. The molecule has 0 aromatic carbocycles. The number of hydrogen-bond donors (Lipinski definition) is 0. The van der Waals surface area contributed by atoms with Crippen LogP contribution in [0.2, 0.25) is 0 Å². The van der Waals surface area contributed by atoms with E-state index < -0.39 is 4.92 Å². The highest BCUT2D eigenvalue weighted by Crippen LogP contribution is 2.32. The molecule has 0 aliphatic carbocycles. The summed E-state index contributed by atoms with van der Waals surface area (Å²) >= 11 is 0. The van der Waals surface area contributed by atoms with Gasteiger partial charge in [0.25, 0.3) is 0 Å². The molecule has 0 radical (unpaired) electrons. The minimum atomic E-state index is -0.499. The van der Waals surface area contributed by atoms with Gasteiger partial charge in [0.05, 0.1) is 0 Å². The van der Waals surface area contributed by atoms with Crippen LogP contribution >= 0.6 is 0 Å². The molecule has 16 heavy (non-hydrogen) atoms.